The third-order valence-electron chi connectivity index (χ3n) is 3.90. The number of piperazine rings is 1. The van der Waals surface area contributed by atoms with Crippen molar-refractivity contribution < 1.29 is 13.6 Å². The van der Waals surface area contributed by atoms with Crippen molar-refractivity contribution in [3.63, 3.8) is 0 Å². The van der Waals surface area contributed by atoms with Crippen LogP contribution in [0.5, 0.6) is 0 Å². The molecule has 0 bridgehead atoms. The predicted octanol–water partition coefficient (Wildman–Crippen LogP) is 1.13. The van der Waals surface area contributed by atoms with Gasteiger partial charge in [-0.05, 0) is 25.1 Å². The number of nitrogens with one attached hydrogen (secondary N) is 1. The molecular formula is C14H17F2N5O. The average molecular weight is 309 g/mol. The second kappa shape index (κ2) is 5.96. The van der Waals surface area contributed by atoms with Gasteiger partial charge in [0.05, 0.1) is 5.52 Å². The molecular weight excluding hydrogens is 292 g/mol. The van der Waals surface area contributed by atoms with Crippen LogP contribution in [0.1, 0.15) is 17.3 Å². The van der Waals surface area contributed by atoms with Gasteiger partial charge in [0.15, 0.2) is 0 Å². The second-order valence-electron chi connectivity index (χ2n) is 5.21. The number of hydrogen-bond acceptors (Lipinski definition) is 4. The van der Waals surface area contributed by atoms with Gasteiger partial charge < -0.3 is 10.2 Å². The molecule has 1 amide bonds. The molecule has 1 N–H and O–H groups in total. The molecule has 1 aromatic carbocycles. The van der Waals surface area contributed by atoms with Crippen molar-refractivity contribution in [3.05, 3.63) is 23.8 Å². The Labute approximate surface area is 126 Å². The number of carbonyl (C=O) groups excluding carboxylic acids is 1. The zero-order chi connectivity index (χ0) is 15.7. The summed E-state index contributed by atoms with van der Waals surface area (Å²) in [6, 6.07) is 3.92. The number of benzene rings is 1. The lowest BCUT2D eigenvalue weighted by molar-refractivity contribution is 0.0126. The second-order valence-corrected chi connectivity index (χ2v) is 5.21. The highest BCUT2D eigenvalue weighted by Crippen LogP contribution is 2.19. The van der Waals surface area contributed by atoms with Gasteiger partial charge in [0.25, 0.3) is 12.3 Å². The smallest absolute Gasteiger partial charge is 0.259 e. The van der Waals surface area contributed by atoms with Crippen LogP contribution in [0, 0.1) is 0 Å². The van der Waals surface area contributed by atoms with E-state index in [-0.39, 0.29) is 19.0 Å². The number of aromatic nitrogens is 3. The van der Waals surface area contributed by atoms with Crippen LogP contribution in [0.2, 0.25) is 0 Å². The van der Waals surface area contributed by atoms with Gasteiger partial charge in [-0.1, -0.05) is 5.21 Å². The molecule has 0 spiro atoms. The molecule has 0 radical (unpaired) electrons. The molecule has 8 heteroatoms. The Morgan fingerprint density at radius 2 is 2.32 bits per heavy atom. The summed E-state index contributed by atoms with van der Waals surface area (Å²) in [5, 5.41) is 10.9. The van der Waals surface area contributed by atoms with E-state index in [1.54, 1.807) is 22.9 Å². The zero-order valence-corrected chi connectivity index (χ0v) is 12.2. The summed E-state index contributed by atoms with van der Waals surface area (Å²) in [5.74, 6) is -0.389. The molecule has 22 heavy (non-hydrogen) atoms. The highest BCUT2D eigenvalue weighted by molar-refractivity contribution is 5.97. The van der Waals surface area contributed by atoms with Crippen molar-refractivity contribution in [2.24, 2.45) is 0 Å². The SMILES string of the molecule is CCn1nnc2cc(C(=O)N3CCNCC3C(F)F)ccc21. The molecule has 6 nitrogen and oxygen atoms in total. The van der Waals surface area contributed by atoms with Crippen LogP contribution in [0.15, 0.2) is 18.2 Å². The van der Waals surface area contributed by atoms with E-state index in [9.17, 15) is 13.6 Å². The number of hydrogen-bond donors (Lipinski definition) is 1. The van der Waals surface area contributed by atoms with Gasteiger partial charge in [-0.3, -0.25) is 4.79 Å². The predicted molar refractivity (Wildman–Crippen MR) is 76.9 cm³/mol. The summed E-state index contributed by atoms with van der Waals surface area (Å²) in [6.45, 7) is 3.52. The monoisotopic (exact) mass is 309 g/mol. The van der Waals surface area contributed by atoms with Crippen molar-refractivity contribution in [1.29, 1.82) is 0 Å². The maximum absolute atomic E-state index is 13.1. The third-order valence-corrected chi connectivity index (χ3v) is 3.90. The number of rotatable bonds is 3. The quantitative estimate of drug-likeness (QED) is 0.923. The molecule has 1 atom stereocenters. The van der Waals surface area contributed by atoms with Crippen molar-refractivity contribution in [2.75, 3.05) is 19.6 Å². The Morgan fingerprint density at radius 3 is 3.05 bits per heavy atom. The highest BCUT2D eigenvalue weighted by atomic mass is 19.3. The number of halogens is 2. The van der Waals surface area contributed by atoms with Crippen LogP contribution in [0.3, 0.4) is 0 Å². The van der Waals surface area contributed by atoms with Crippen molar-refractivity contribution in [3.8, 4) is 0 Å². The number of fused-ring (bicyclic) bond motifs is 1. The molecule has 1 saturated heterocycles. The minimum atomic E-state index is -2.57. The molecule has 0 saturated carbocycles. The fraction of sp³-hybridized carbons (Fsp3) is 0.500. The van der Waals surface area contributed by atoms with E-state index in [1.807, 2.05) is 6.92 Å². The molecule has 1 unspecified atom stereocenters. The van der Waals surface area contributed by atoms with Crippen LogP contribution in [0.25, 0.3) is 11.0 Å². The topological polar surface area (TPSA) is 63.1 Å². The lowest BCUT2D eigenvalue weighted by atomic mass is 10.1. The number of carbonyl (C=O) groups is 1. The van der Waals surface area contributed by atoms with Crippen LogP contribution in [-0.2, 0) is 6.54 Å². The Balaban J connectivity index is 1.90. The lowest BCUT2D eigenvalue weighted by Gasteiger charge is -2.35. The van der Waals surface area contributed by atoms with E-state index in [1.165, 1.54) is 4.90 Å². The summed E-state index contributed by atoms with van der Waals surface area (Å²) < 4.78 is 27.9. The molecule has 0 aliphatic carbocycles. The Morgan fingerprint density at radius 1 is 1.50 bits per heavy atom. The highest BCUT2D eigenvalue weighted by Gasteiger charge is 2.33. The first kappa shape index (κ1) is 14.8. The number of nitrogens with zero attached hydrogens (tertiary/aromatic N) is 4. The first-order chi connectivity index (χ1) is 10.6. The van der Waals surface area contributed by atoms with Gasteiger partial charge >= 0.3 is 0 Å². The van der Waals surface area contributed by atoms with Gasteiger partial charge in [-0.2, -0.15) is 0 Å². The standard InChI is InChI=1S/C14H17F2N5O/c1-2-21-11-4-3-9(7-10(11)18-19-21)14(22)20-6-5-17-8-12(20)13(15)16/h3-4,7,12-13,17H,2,5-6,8H2,1H3. The molecule has 1 aliphatic rings. The zero-order valence-electron chi connectivity index (χ0n) is 12.2. The number of amides is 1. The Kier molecular flexibility index (Phi) is 4.02. The lowest BCUT2D eigenvalue weighted by Crippen LogP contribution is -2.56. The summed E-state index contributed by atoms with van der Waals surface area (Å²) in [5.41, 5.74) is 1.78. The average Bonchev–Trinajstić information content (AvgIpc) is 2.96. The fourth-order valence-electron chi connectivity index (χ4n) is 2.71. The fourth-order valence-corrected chi connectivity index (χ4v) is 2.71. The number of aryl methyl sites for hydroxylation is 1. The van der Waals surface area contributed by atoms with E-state index >= 15 is 0 Å². The van der Waals surface area contributed by atoms with E-state index in [4.69, 9.17) is 0 Å². The van der Waals surface area contributed by atoms with Gasteiger partial charge in [0.1, 0.15) is 11.6 Å². The molecule has 118 valence electrons. The summed E-state index contributed by atoms with van der Waals surface area (Å²) in [4.78, 5) is 13.8. The van der Waals surface area contributed by atoms with Crippen LogP contribution >= 0.6 is 0 Å². The van der Waals surface area contributed by atoms with Gasteiger partial charge in [0, 0.05) is 31.7 Å². The van der Waals surface area contributed by atoms with E-state index in [0.29, 0.717) is 24.2 Å². The molecule has 3 rings (SSSR count). The van der Waals surface area contributed by atoms with Crippen molar-refractivity contribution in [1.82, 2.24) is 25.2 Å². The molecule has 2 aromatic rings. The minimum Gasteiger partial charge on any atom is -0.327 e. The van der Waals surface area contributed by atoms with Crippen molar-refractivity contribution >= 4 is 16.9 Å². The number of alkyl halides is 2. The summed E-state index contributed by atoms with van der Waals surface area (Å²) in [7, 11) is 0. The van der Waals surface area contributed by atoms with Gasteiger partial charge in [-0.25, -0.2) is 13.5 Å². The Bertz CT molecular complexity index is 687. The van der Waals surface area contributed by atoms with Gasteiger partial charge in [-0.15, -0.1) is 5.10 Å². The van der Waals surface area contributed by atoms with Crippen LogP contribution < -0.4 is 5.32 Å². The van der Waals surface area contributed by atoms with E-state index in [2.05, 4.69) is 15.6 Å². The minimum absolute atomic E-state index is 0.109. The first-order valence-electron chi connectivity index (χ1n) is 7.25. The maximum Gasteiger partial charge on any atom is 0.259 e. The molecule has 1 fully saturated rings. The first-order valence-corrected chi connectivity index (χ1v) is 7.25. The maximum atomic E-state index is 13.1. The van der Waals surface area contributed by atoms with Gasteiger partial charge in [0.2, 0.25) is 0 Å². The van der Waals surface area contributed by atoms with E-state index < -0.39 is 12.5 Å². The normalized spacial score (nSPS) is 19.1. The summed E-state index contributed by atoms with van der Waals surface area (Å²) in [6.07, 6.45) is -2.57. The third kappa shape index (κ3) is 2.54. The van der Waals surface area contributed by atoms with Crippen LogP contribution in [0.4, 0.5) is 8.78 Å². The van der Waals surface area contributed by atoms with E-state index in [0.717, 1.165) is 5.52 Å². The summed E-state index contributed by atoms with van der Waals surface area (Å²) >= 11 is 0. The van der Waals surface area contributed by atoms with Crippen LogP contribution in [-0.4, -0.2) is 57.9 Å². The molecule has 1 aromatic heterocycles. The van der Waals surface area contributed by atoms with Crippen molar-refractivity contribution in [2.45, 2.75) is 25.9 Å². The Hall–Kier alpha value is -2.09. The molecule has 1 aliphatic heterocycles. The largest absolute Gasteiger partial charge is 0.327 e. The molecule has 2 heterocycles.